The van der Waals surface area contributed by atoms with Crippen molar-refractivity contribution in [1.29, 1.82) is 0 Å². The predicted molar refractivity (Wildman–Crippen MR) is 35.7 cm³/mol. The molecule has 0 fully saturated rings. The number of hydrogen-bond donors (Lipinski definition) is 2. The first-order chi connectivity index (χ1) is 4.75. The second-order valence-corrected chi connectivity index (χ2v) is 1.88. The summed E-state index contributed by atoms with van der Waals surface area (Å²) < 4.78 is 1.66. The molecule has 1 aromatic heterocycles. The molecule has 1 rings (SSSR count). The topological polar surface area (TPSA) is 76.4 Å². The first kappa shape index (κ1) is 6.60. The molecule has 1 aromatic rings. The summed E-state index contributed by atoms with van der Waals surface area (Å²) in [6.07, 6.45) is 3.10. The van der Waals surface area contributed by atoms with Crippen LogP contribution >= 0.6 is 0 Å². The zero-order valence-corrected chi connectivity index (χ0v) is 5.52. The van der Waals surface area contributed by atoms with E-state index in [1.54, 1.807) is 17.9 Å². The van der Waals surface area contributed by atoms with Gasteiger partial charge < -0.3 is 15.5 Å². The fraction of sp³-hybridized carbons (Fsp3) is 0.200. The fourth-order valence-corrected chi connectivity index (χ4v) is 0.655. The van der Waals surface area contributed by atoms with Crippen LogP contribution < -0.4 is 5.73 Å². The van der Waals surface area contributed by atoms with Gasteiger partial charge in [-0.15, -0.1) is 0 Å². The van der Waals surface area contributed by atoms with Gasteiger partial charge >= 0.3 is 0 Å². The highest BCUT2D eigenvalue weighted by Crippen LogP contribution is 1.93. The number of aromatic nitrogens is 2. The standard InChI is InChI=1S/C5H8N4O/c1-9-3-7-2-4(9)5(6)8-10/h2-3,10H,1H3,(H2,6,8). The van der Waals surface area contributed by atoms with E-state index in [1.807, 2.05) is 0 Å². The summed E-state index contributed by atoms with van der Waals surface area (Å²) in [5, 5.41) is 11.1. The molecule has 0 spiro atoms. The molecule has 0 atom stereocenters. The van der Waals surface area contributed by atoms with E-state index >= 15 is 0 Å². The quantitative estimate of drug-likeness (QED) is 0.239. The molecule has 5 heteroatoms. The number of amidine groups is 1. The third kappa shape index (κ3) is 0.928. The Morgan fingerprint density at radius 3 is 3.00 bits per heavy atom. The molecule has 0 saturated heterocycles. The lowest BCUT2D eigenvalue weighted by Crippen LogP contribution is -2.16. The molecule has 10 heavy (non-hydrogen) atoms. The lowest BCUT2D eigenvalue weighted by Gasteiger charge is -1.96. The van der Waals surface area contributed by atoms with Crippen LogP contribution in [-0.2, 0) is 7.05 Å². The van der Waals surface area contributed by atoms with E-state index in [0.29, 0.717) is 5.69 Å². The van der Waals surface area contributed by atoms with Gasteiger partial charge in [0.1, 0.15) is 5.69 Å². The Hall–Kier alpha value is -1.52. The van der Waals surface area contributed by atoms with Crippen LogP contribution in [0.3, 0.4) is 0 Å². The van der Waals surface area contributed by atoms with Gasteiger partial charge in [-0.25, -0.2) is 4.98 Å². The summed E-state index contributed by atoms with van der Waals surface area (Å²) in [5.74, 6) is 0.0694. The van der Waals surface area contributed by atoms with Crippen LogP contribution in [0.15, 0.2) is 17.7 Å². The van der Waals surface area contributed by atoms with Crippen molar-refractivity contribution >= 4 is 5.84 Å². The van der Waals surface area contributed by atoms with Crippen molar-refractivity contribution in [2.45, 2.75) is 0 Å². The first-order valence-electron chi connectivity index (χ1n) is 2.70. The van der Waals surface area contributed by atoms with Crippen molar-refractivity contribution in [3.63, 3.8) is 0 Å². The van der Waals surface area contributed by atoms with E-state index in [2.05, 4.69) is 10.1 Å². The zero-order chi connectivity index (χ0) is 7.56. The predicted octanol–water partition coefficient (Wildman–Crippen LogP) is -0.485. The number of nitrogens with zero attached hydrogens (tertiary/aromatic N) is 3. The van der Waals surface area contributed by atoms with Crippen LogP contribution in [-0.4, -0.2) is 20.6 Å². The summed E-state index contributed by atoms with van der Waals surface area (Å²) in [6.45, 7) is 0. The van der Waals surface area contributed by atoms with E-state index in [0.717, 1.165) is 0 Å². The number of nitrogens with two attached hydrogens (primary N) is 1. The summed E-state index contributed by atoms with van der Waals surface area (Å²) in [4.78, 5) is 3.78. The van der Waals surface area contributed by atoms with Crippen molar-refractivity contribution in [2.24, 2.45) is 17.9 Å². The Morgan fingerprint density at radius 1 is 1.90 bits per heavy atom. The molecule has 0 amide bonds. The van der Waals surface area contributed by atoms with Crippen LogP contribution in [0, 0.1) is 0 Å². The number of oxime groups is 1. The molecular formula is C5H8N4O. The molecule has 1 heterocycles. The normalized spacial score (nSPS) is 11.9. The Labute approximate surface area is 57.8 Å². The van der Waals surface area contributed by atoms with Crippen molar-refractivity contribution in [1.82, 2.24) is 9.55 Å². The van der Waals surface area contributed by atoms with E-state index < -0.39 is 0 Å². The average molecular weight is 140 g/mol. The number of hydrogen-bond acceptors (Lipinski definition) is 3. The Bertz CT molecular complexity index is 252. The fourth-order valence-electron chi connectivity index (χ4n) is 0.655. The molecule has 0 aromatic carbocycles. The van der Waals surface area contributed by atoms with Gasteiger partial charge in [-0.3, -0.25) is 0 Å². The Kier molecular flexibility index (Phi) is 1.57. The summed E-state index contributed by atoms with van der Waals surface area (Å²) in [5.41, 5.74) is 5.88. The molecule has 0 aliphatic carbocycles. The average Bonchev–Trinajstić information content (AvgIpc) is 2.34. The van der Waals surface area contributed by atoms with Crippen LogP contribution in [0.1, 0.15) is 5.69 Å². The molecule has 54 valence electrons. The molecule has 5 nitrogen and oxygen atoms in total. The van der Waals surface area contributed by atoms with Crippen molar-refractivity contribution in [2.75, 3.05) is 0 Å². The summed E-state index contributed by atoms with van der Waals surface area (Å²) >= 11 is 0. The highest BCUT2D eigenvalue weighted by Gasteiger charge is 2.01. The summed E-state index contributed by atoms with van der Waals surface area (Å²) in [6, 6.07) is 0. The minimum absolute atomic E-state index is 0.0694. The third-order valence-electron chi connectivity index (χ3n) is 1.19. The molecule has 3 N–H and O–H groups in total. The van der Waals surface area contributed by atoms with Gasteiger partial charge in [0.25, 0.3) is 0 Å². The second kappa shape index (κ2) is 2.38. The molecule has 0 radical (unpaired) electrons. The Balaban J connectivity index is 3.05. The van der Waals surface area contributed by atoms with Crippen LogP contribution in [0.2, 0.25) is 0 Å². The van der Waals surface area contributed by atoms with E-state index in [1.165, 1.54) is 6.20 Å². The maximum absolute atomic E-state index is 8.25. The minimum atomic E-state index is 0.0694. The second-order valence-electron chi connectivity index (χ2n) is 1.88. The van der Waals surface area contributed by atoms with Crippen molar-refractivity contribution in [3.05, 3.63) is 18.2 Å². The number of aryl methyl sites for hydroxylation is 1. The van der Waals surface area contributed by atoms with E-state index in [-0.39, 0.29) is 5.84 Å². The maximum atomic E-state index is 8.25. The van der Waals surface area contributed by atoms with Crippen LogP contribution in [0.4, 0.5) is 0 Å². The van der Waals surface area contributed by atoms with Gasteiger partial charge in [0.05, 0.1) is 12.5 Å². The van der Waals surface area contributed by atoms with Crippen LogP contribution in [0.5, 0.6) is 0 Å². The van der Waals surface area contributed by atoms with Gasteiger partial charge in [0.15, 0.2) is 5.84 Å². The van der Waals surface area contributed by atoms with Crippen molar-refractivity contribution < 1.29 is 5.21 Å². The zero-order valence-electron chi connectivity index (χ0n) is 5.52. The van der Waals surface area contributed by atoms with Gasteiger partial charge in [-0.2, -0.15) is 0 Å². The summed E-state index contributed by atoms with van der Waals surface area (Å²) in [7, 11) is 1.76. The maximum Gasteiger partial charge on any atom is 0.188 e. The molecule has 0 unspecified atom stereocenters. The minimum Gasteiger partial charge on any atom is -0.409 e. The highest BCUT2D eigenvalue weighted by atomic mass is 16.4. The molecule has 0 saturated carbocycles. The smallest absolute Gasteiger partial charge is 0.188 e. The van der Waals surface area contributed by atoms with Gasteiger partial charge in [0.2, 0.25) is 0 Å². The molecule has 0 aliphatic heterocycles. The van der Waals surface area contributed by atoms with E-state index in [4.69, 9.17) is 10.9 Å². The van der Waals surface area contributed by atoms with Crippen LogP contribution in [0.25, 0.3) is 0 Å². The monoisotopic (exact) mass is 140 g/mol. The van der Waals surface area contributed by atoms with Gasteiger partial charge in [-0.1, -0.05) is 5.16 Å². The van der Waals surface area contributed by atoms with Crippen molar-refractivity contribution in [3.8, 4) is 0 Å². The Morgan fingerprint density at radius 2 is 2.60 bits per heavy atom. The van der Waals surface area contributed by atoms with E-state index in [9.17, 15) is 0 Å². The number of imidazole rings is 1. The lowest BCUT2D eigenvalue weighted by molar-refractivity contribution is 0.318. The third-order valence-corrected chi connectivity index (χ3v) is 1.19. The molecule has 0 aliphatic rings. The number of rotatable bonds is 1. The van der Waals surface area contributed by atoms with Gasteiger partial charge in [0, 0.05) is 7.05 Å². The van der Waals surface area contributed by atoms with Gasteiger partial charge in [-0.05, 0) is 0 Å². The molecule has 0 bridgehead atoms. The first-order valence-corrected chi connectivity index (χ1v) is 2.70. The largest absolute Gasteiger partial charge is 0.409 e. The SMILES string of the molecule is Cn1cncc1C(N)=NO. The molecular weight excluding hydrogens is 132 g/mol. The lowest BCUT2D eigenvalue weighted by atomic mass is 10.4. The highest BCUT2D eigenvalue weighted by molar-refractivity contribution is 5.95.